The summed E-state index contributed by atoms with van der Waals surface area (Å²) in [6.45, 7) is 15.5. The Bertz CT molecular complexity index is 1230. The molecule has 5 nitrogen and oxygen atoms in total. The molecule has 2 fully saturated rings. The summed E-state index contributed by atoms with van der Waals surface area (Å²) in [5.74, 6) is -0.284. The monoisotopic (exact) mass is 620 g/mol. The number of aryl methyl sites for hydroxylation is 1. The van der Waals surface area contributed by atoms with Crippen molar-refractivity contribution >= 4 is 27.6 Å². The Morgan fingerprint density at radius 1 is 1.24 bits per heavy atom. The van der Waals surface area contributed by atoms with Crippen LogP contribution < -0.4 is 10.2 Å². The minimum atomic E-state index is -0.778. The summed E-state index contributed by atoms with van der Waals surface area (Å²) in [5.41, 5.74) is 4.05. The first kappa shape index (κ1) is 31.1. The average molecular weight is 622 g/mol. The van der Waals surface area contributed by atoms with Crippen molar-refractivity contribution in [1.29, 1.82) is 0 Å². The van der Waals surface area contributed by atoms with Crippen LogP contribution in [0.2, 0.25) is 0 Å². The van der Waals surface area contributed by atoms with Crippen molar-refractivity contribution in [2.75, 3.05) is 23.8 Å². The summed E-state index contributed by atoms with van der Waals surface area (Å²) in [4.78, 5) is 15.6. The molecule has 0 aromatic heterocycles. The normalized spacial score (nSPS) is 29.9. The molecule has 0 amide bonds. The second-order valence-electron chi connectivity index (χ2n) is 11.5. The number of hydrogen-bond donors (Lipinski definition) is 1. The number of alkyl halides is 1. The van der Waals surface area contributed by atoms with Gasteiger partial charge < -0.3 is 19.7 Å². The zero-order valence-corrected chi connectivity index (χ0v) is 26.5. The van der Waals surface area contributed by atoms with Crippen LogP contribution in [0.25, 0.3) is 0 Å². The molecule has 1 spiro atoms. The number of benzene rings is 1. The predicted octanol–water partition coefficient (Wildman–Crippen LogP) is 7.36. The third kappa shape index (κ3) is 6.65. The van der Waals surface area contributed by atoms with E-state index >= 15 is 0 Å². The van der Waals surface area contributed by atoms with E-state index in [9.17, 15) is 4.79 Å². The Balaban J connectivity index is 1.60. The molecule has 4 rings (SSSR count). The van der Waals surface area contributed by atoms with Gasteiger partial charge in [0, 0.05) is 53.8 Å². The highest BCUT2D eigenvalue weighted by atomic mass is 79.9. The fourth-order valence-corrected chi connectivity index (χ4v) is 7.03. The number of hydrogen-bond acceptors (Lipinski definition) is 5. The lowest BCUT2D eigenvalue weighted by Crippen LogP contribution is -2.63. The number of carbonyl (C=O) groups excluding carboxylic acids is 1. The number of anilines is 1. The van der Waals surface area contributed by atoms with Gasteiger partial charge in [0.05, 0.1) is 17.8 Å². The molecule has 6 atom stereocenters. The number of nitrogens with one attached hydrogen (secondary N) is 1. The van der Waals surface area contributed by atoms with Crippen LogP contribution in [0.5, 0.6) is 0 Å². The van der Waals surface area contributed by atoms with Gasteiger partial charge in [0.2, 0.25) is 0 Å². The van der Waals surface area contributed by atoms with Crippen molar-refractivity contribution in [3.05, 3.63) is 102 Å². The SMILES string of the molecule is C=CC1=C(/C=C\C)C(=O)OC12C(C)C(CCN(C)c1ccc(C)cc1)OC1CCC(NC(=C)/C=C\C=C/CBr)CC12. The van der Waals surface area contributed by atoms with Crippen LogP contribution in [0.15, 0.2) is 96.8 Å². The van der Waals surface area contributed by atoms with Crippen LogP contribution in [0.4, 0.5) is 5.69 Å². The van der Waals surface area contributed by atoms with Crippen LogP contribution in [-0.4, -0.2) is 48.7 Å². The first-order chi connectivity index (χ1) is 19.7. The summed E-state index contributed by atoms with van der Waals surface area (Å²) in [6, 6.07) is 8.82. The molecule has 1 aliphatic carbocycles. The smallest absolute Gasteiger partial charge is 0.339 e. The molecule has 2 aliphatic heterocycles. The number of ether oxygens (including phenoxy) is 2. The fourth-order valence-electron chi connectivity index (χ4n) is 6.81. The molecule has 1 aromatic rings. The molecule has 1 N–H and O–H groups in total. The maximum atomic E-state index is 13.4. The largest absolute Gasteiger partial charge is 0.450 e. The Kier molecular flexibility index (Phi) is 10.5. The maximum absolute atomic E-state index is 13.4. The number of fused-ring (bicyclic) bond motifs is 2. The number of halogens is 1. The van der Waals surface area contributed by atoms with E-state index in [1.54, 1.807) is 0 Å². The number of allylic oxidation sites excluding steroid dienone is 5. The Labute approximate surface area is 254 Å². The van der Waals surface area contributed by atoms with Gasteiger partial charge >= 0.3 is 5.97 Å². The molecule has 1 saturated carbocycles. The topological polar surface area (TPSA) is 50.8 Å². The predicted molar refractivity (Wildman–Crippen MR) is 173 cm³/mol. The molecule has 220 valence electrons. The van der Waals surface area contributed by atoms with Gasteiger partial charge in [-0.3, -0.25) is 0 Å². The summed E-state index contributed by atoms with van der Waals surface area (Å²) in [5, 5.41) is 4.44. The summed E-state index contributed by atoms with van der Waals surface area (Å²) in [7, 11) is 2.12. The van der Waals surface area contributed by atoms with Crippen molar-refractivity contribution in [1.82, 2.24) is 5.32 Å². The van der Waals surface area contributed by atoms with Gasteiger partial charge in [-0.05, 0) is 57.7 Å². The molecule has 6 unspecified atom stereocenters. The van der Waals surface area contributed by atoms with Crippen molar-refractivity contribution < 1.29 is 14.3 Å². The van der Waals surface area contributed by atoms with Crippen LogP contribution in [0.1, 0.15) is 45.1 Å². The Morgan fingerprint density at radius 2 is 2.00 bits per heavy atom. The highest BCUT2D eigenvalue weighted by Crippen LogP contribution is 2.55. The van der Waals surface area contributed by atoms with Gasteiger partial charge in [0.25, 0.3) is 0 Å². The minimum absolute atomic E-state index is 0.00249. The zero-order chi connectivity index (χ0) is 29.6. The molecule has 3 aliphatic rings. The van der Waals surface area contributed by atoms with Gasteiger partial charge in [0.1, 0.15) is 5.60 Å². The van der Waals surface area contributed by atoms with Crippen LogP contribution >= 0.6 is 15.9 Å². The quantitative estimate of drug-likeness (QED) is 0.159. The third-order valence-corrected chi connectivity index (χ3v) is 9.27. The lowest BCUT2D eigenvalue weighted by atomic mass is 9.61. The number of nitrogens with zero attached hydrogens (tertiary/aromatic N) is 1. The number of carbonyl (C=O) groups is 1. The molecule has 1 aromatic carbocycles. The van der Waals surface area contributed by atoms with Crippen molar-refractivity contribution in [2.45, 2.75) is 70.3 Å². The summed E-state index contributed by atoms with van der Waals surface area (Å²) >= 11 is 3.40. The number of rotatable bonds is 11. The van der Waals surface area contributed by atoms with E-state index in [1.165, 1.54) is 11.3 Å². The van der Waals surface area contributed by atoms with Crippen LogP contribution in [-0.2, 0) is 14.3 Å². The molecule has 41 heavy (non-hydrogen) atoms. The first-order valence-corrected chi connectivity index (χ1v) is 15.9. The average Bonchev–Trinajstić information content (AvgIpc) is 3.24. The Hall–Kier alpha value is -2.83. The summed E-state index contributed by atoms with van der Waals surface area (Å²) < 4.78 is 13.4. The summed E-state index contributed by atoms with van der Waals surface area (Å²) in [6.07, 6.45) is 17.1. The van der Waals surface area contributed by atoms with E-state index in [4.69, 9.17) is 9.47 Å². The Morgan fingerprint density at radius 3 is 2.68 bits per heavy atom. The lowest BCUT2D eigenvalue weighted by Gasteiger charge is -2.55. The molecule has 2 heterocycles. The van der Waals surface area contributed by atoms with Gasteiger partial charge in [-0.25, -0.2) is 4.79 Å². The molecule has 6 heteroatoms. The molecule has 0 radical (unpaired) electrons. The van der Waals surface area contributed by atoms with Gasteiger partial charge in [-0.2, -0.15) is 0 Å². The molecule has 1 saturated heterocycles. The van der Waals surface area contributed by atoms with E-state index in [1.807, 2.05) is 49.5 Å². The third-order valence-electron chi connectivity index (χ3n) is 8.90. The van der Waals surface area contributed by atoms with Crippen LogP contribution in [0.3, 0.4) is 0 Å². The van der Waals surface area contributed by atoms with Gasteiger partial charge in [-0.1, -0.05) is 90.2 Å². The van der Waals surface area contributed by atoms with E-state index in [0.29, 0.717) is 5.57 Å². The maximum Gasteiger partial charge on any atom is 0.339 e. The highest BCUT2D eigenvalue weighted by molar-refractivity contribution is 9.09. The van der Waals surface area contributed by atoms with E-state index in [2.05, 4.69) is 84.5 Å². The second-order valence-corrected chi connectivity index (χ2v) is 12.1. The highest BCUT2D eigenvalue weighted by Gasteiger charge is 2.62. The zero-order valence-electron chi connectivity index (χ0n) is 24.9. The first-order valence-electron chi connectivity index (χ1n) is 14.8. The van der Waals surface area contributed by atoms with Crippen molar-refractivity contribution in [2.24, 2.45) is 11.8 Å². The van der Waals surface area contributed by atoms with E-state index < -0.39 is 5.60 Å². The standard InChI is InChI=1S/C35H45BrN2O3/c1-7-12-29-30(8-2)35(41-34(29)39)26(5)32(20-22-38(6)28-17-14-24(3)15-18-28)40-33-19-16-27(23-31(33)35)37-25(4)13-10-9-11-21-36/h7-15,17-18,26-27,31-33,37H,2,4,16,19-23H2,1,3,5-6H3/b11-9-,12-7-,13-10-. The number of esters is 1. The molecule has 0 bridgehead atoms. The molecular formula is C35H45BrN2O3. The van der Waals surface area contributed by atoms with Crippen molar-refractivity contribution in [3.8, 4) is 0 Å². The lowest BCUT2D eigenvalue weighted by molar-refractivity contribution is -0.225. The van der Waals surface area contributed by atoms with Gasteiger partial charge in [-0.15, -0.1) is 0 Å². The van der Waals surface area contributed by atoms with Crippen molar-refractivity contribution in [3.63, 3.8) is 0 Å². The van der Waals surface area contributed by atoms with E-state index in [0.717, 1.165) is 48.8 Å². The van der Waals surface area contributed by atoms with E-state index in [-0.39, 0.29) is 36.1 Å². The minimum Gasteiger partial charge on any atom is -0.450 e. The van der Waals surface area contributed by atoms with Crippen LogP contribution in [0, 0.1) is 18.8 Å². The fraction of sp³-hybridized carbons (Fsp3) is 0.457. The van der Waals surface area contributed by atoms with Gasteiger partial charge in [0.15, 0.2) is 0 Å². The second kappa shape index (κ2) is 13.9. The molecular weight excluding hydrogens is 576 g/mol.